The van der Waals surface area contributed by atoms with Crippen LogP contribution in [-0.4, -0.2) is 61.1 Å². The van der Waals surface area contributed by atoms with Crippen molar-refractivity contribution in [2.75, 3.05) is 38.2 Å². The molecule has 4 rings (SSSR count). The van der Waals surface area contributed by atoms with Crippen molar-refractivity contribution in [3.63, 3.8) is 0 Å². The van der Waals surface area contributed by atoms with Crippen LogP contribution in [0.3, 0.4) is 0 Å². The van der Waals surface area contributed by atoms with Crippen LogP contribution < -0.4 is 9.64 Å². The van der Waals surface area contributed by atoms with Gasteiger partial charge in [0.05, 0.1) is 17.7 Å². The number of sulfonamides is 1. The second-order valence-electron chi connectivity index (χ2n) is 7.49. The Kier molecular flexibility index (Phi) is 5.94. The quantitative estimate of drug-likeness (QED) is 0.629. The molecule has 2 aromatic rings. The van der Waals surface area contributed by atoms with E-state index in [0.717, 1.165) is 22.1 Å². The monoisotopic (exact) mass is 465 g/mol. The maximum absolute atomic E-state index is 13.2. The average molecular weight is 466 g/mol. The van der Waals surface area contributed by atoms with Gasteiger partial charge in [-0.15, -0.1) is 22.9 Å². The lowest BCUT2D eigenvalue weighted by molar-refractivity contribution is 0.379. The van der Waals surface area contributed by atoms with E-state index in [1.807, 2.05) is 29.6 Å². The van der Waals surface area contributed by atoms with Crippen molar-refractivity contribution in [2.24, 2.45) is 0 Å². The van der Waals surface area contributed by atoms with E-state index in [1.54, 1.807) is 54.0 Å². The number of rotatable bonds is 5. The van der Waals surface area contributed by atoms with Crippen LogP contribution in [0.4, 0.5) is 5.13 Å². The Morgan fingerprint density at radius 1 is 1.23 bits per heavy atom. The fourth-order valence-electron chi connectivity index (χ4n) is 3.70. The first kappa shape index (κ1) is 21.4. The predicted molar refractivity (Wildman–Crippen MR) is 123 cm³/mol. The fraction of sp³-hybridized carbons (Fsp3) is 0.381. The van der Waals surface area contributed by atoms with E-state index in [-0.39, 0.29) is 0 Å². The third-order valence-corrected chi connectivity index (χ3v) is 9.19. The van der Waals surface area contributed by atoms with Gasteiger partial charge in [-0.3, -0.25) is 0 Å². The van der Waals surface area contributed by atoms with Crippen LogP contribution in [-0.2, 0) is 10.0 Å². The number of alkyl halides is 1. The van der Waals surface area contributed by atoms with Crippen LogP contribution in [0.5, 0.6) is 5.75 Å². The van der Waals surface area contributed by atoms with E-state index in [4.69, 9.17) is 21.3 Å². The molecule has 160 valence electrons. The molecular weight excluding hydrogens is 442 g/mol. The van der Waals surface area contributed by atoms with Crippen molar-refractivity contribution in [2.45, 2.75) is 17.0 Å². The first-order chi connectivity index (χ1) is 14.3. The van der Waals surface area contributed by atoms with Gasteiger partial charge >= 0.3 is 0 Å². The number of hydrogen-bond acceptors (Lipinski definition) is 6. The van der Waals surface area contributed by atoms with E-state index in [2.05, 4.69) is 4.90 Å². The summed E-state index contributed by atoms with van der Waals surface area (Å²) in [6, 6.07) is 7.80. The maximum Gasteiger partial charge on any atom is 0.222 e. The molecule has 0 amide bonds. The number of methoxy groups -OCH3 is 1. The zero-order valence-corrected chi connectivity index (χ0v) is 19.3. The lowest BCUT2D eigenvalue weighted by Crippen LogP contribution is -2.54. The summed E-state index contributed by atoms with van der Waals surface area (Å²) >= 11 is 8.04. The van der Waals surface area contributed by atoms with Crippen LogP contribution in [0.1, 0.15) is 6.92 Å². The van der Waals surface area contributed by atoms with E-state index < -0.39 is 20.1 Å². The van der Waals surface area contributed by atoms with E-state index >= 15 is 0 Å². The van der Waals surface area contributed by atoms with Gasteiger partial charge in [-0.2, -0.15) is 4.31 Å². The van der Waals surface area contributed by atoms with Gasteiger partial charge < -0.3 is 9.64 Å². The zero-order valence-electron chi connectivity index (χ0n) is 16.9. The summed E-state index contributed by atoms with van der Waals surface area (Å²) in [6.45, 7) is 3.75. The Hall–Kier alpha value is -1.87. The van der Waals surface area contributed by atoms with Crippen molar-refractivity contribution < 1.29 is 13.2 Å². The van der Waals surface area contributed by atoms with Gasteiger partial charge in [0.1, 0.15) is 11.0 Å². The average Bonchev–Trinajstić information content (AvgIpc) is 3.24. The number of hydrogen-bond donors (Lipinski definition) is 0. The minimum Gasteiger partial charge on any atom is -0.497 e. The molecule has 1 saturated heterocycles. The van der Waals surface area contributed by atoms with E-state index in [0.29, 0.717) is 26.2 Å². The van der Waals surface area contributed by atoms with E-state index in [9.17, 15) is 8.42 Å². The topological polar surface area (TPSA) is 62.7 Å². The highest BCUT2D eigenvalue weighted by atomic mass is 35.5. The first-order valence-electron chi connectivity index (χ1n) is 9.70. The van der Waals surface area contributed by atoms with E-state index in [1.165, 1.54) is 0 Å². The van der Waals surface area contributed by atoms with Crippen molar-refractivity contribution in [1.29, 1.82) is 0 Å². The number of nitrogens with zero attached hydrogens (tertiary/aromatic N) is 3. The zero-order chi connectivity index (χ0) is 21.4. The van der Waals surface area contributed by atoms with Crippen molar-refractivity contribution >= 4 is 38.1 Å². The molecule has 0 N–H and O–H groups in total. The molecule has 2 aliphatic rings. The molecule has 9 heteroatoms. The molecular formula is C21H24ClN3O3S2. The van der Waals surface area contributed by atoms with Crippen molar-refractivity contribution in [1.82, 2.24) is 9.29 Å². The Morgan fingerprint density at radius 2 is 2.00 bits per heavy atom. The minimum absolute atomic E-state index is 0.414. The number of aromatic nitrogens is 1. The lowest BCUT2D eigenvalue weighted by Gasteiger charge is -2.38. The van der Waals surface area contributed by atoms with Gasteiger partial charge in [-0.05, 0) is 19.1 Å². The van der Waals surface area contributed by atoms with Crippen LogP contribution in [0.25, 0.3) is 11.3 Å². The number of piperazine rings is 1. The highest BCUT2D eigenvalue weighted by Gasteiger charge is 2.43. The SMILES string of the molecule is COc1cccc(-c2csc(N3CCN(S(=O)(=O)C4C=CC=CC4(C)Cl)CC3)n2)c1. The second-order valence-corrected chi connectivity index (χ2v) is 11.2. The second kappa shape index (κ2) is 8.34. The summed E-state index contributed by atoms with van der Waals surface area (Å²) in [5.74, 6) is 0.791. The summed E-state index contributed by atoms with van der Waals surface area (Å²) in [4.78, 5) is 5.96. The van der Waals surface area contributed by atoms with Gasteiger partial charge in [-0.1, -0.05) is 36.4 Å². The van der Waals surface area contributed by atoms with Gasteiger partial charge in [0.15, 0.2) is 5.13 Å². The molecule has 1 aliphatic heterocycles. The molecule has 0 saturated carbocycles. The lowest BCUT2D eigenvalue weighted by atomic mass is 10.0. The van der Waals surface area contributed by atoms with Crippen molar-refractivity contribution in [3.8, 4) is 17.0 Å². The Morgan fingerprint density at radius 3 is 2.70 bits per heavy atom. The third kappa shape index (κ3) is 4.14. The smallest absolute Gasteiger partial charge is 0.222 e. The Bertz CT molecular complexity index is 1070. The van der Waals surface area contributed by atoms with Gasteiger partial charge in [0.25, 0.3) is 0 Å². The van der Waals surface area contributed by atoms with Crippen LogP contribution in [0.2, 0.25) is 0 Å². The molecule has 2 atom stereocenters. The Balaban J connectivity index is 1.44. The number of benzene rings is 1. The number of thiazole rings is 1. The molecule has 2 heterocycles. The third-order valence-electron chi connectivity index (χ3n) is 5.42. The fourth-order valence-corrected chi connectivity index (χ4v) is 7.02. The molecule has 1 fully saturated rings. The number of anilines is 1. The number of ether oxygens (including phenoxy) is 1. The predicted octanol–water partition coefficient (Wildman–Crippen LogP) is 3.76. The van der Waals surface area contributed by atoms with Gasteiger partial charge in [0.2, 0.25) is 10.0 Å². The van der Waals surface area contributed by atoms with Crippen LogP contribution >= 0.6 is 22.9 Å². The maximum atomic E-state index is 13.2. The highest BCUT2D eigenvalue weighted by molar-refractivity contribution is 7.90. The standard InChI is InChI=1S/C21H24ClN3O3S2/c1-21(22)9-4-3-8-19(21)30(26,27)25-12-10-24(11-13-25)20-23-18(15-29-20)16-6-5-7-17(14-16)28-2/h3-9,14-15,19H,10-13H2,1-2H3. The molecule has 2 unspecified atom stereocenters. The molecule has 0 bridgehead atoms. The molecule has 30 heavy (non-hydrogen) atoms. The highest BCUT2D eigenvalue weighted by Crippen LogP contribution is 2.34. The minimum atomic E-state index is -3.54. The summed E-state index contributed by atoms with van der Waals surface area (Å²) < 4.78 is 33.2. The molecule has 0 radical (unpaired) electrons. The first-order valence-corrected chi connectivity index (χ1v) is 12.5. The van der Waals surface area contributed by atoms with Crippen LogP contribution in [0.15, 0.2) is 53.9 Å². The van der Waals surface area contributed by atoms with Gasteiger partial charge in [0, 0.05) is 37.1 Å². The Labute approximate surface area is 186 Å². The van der Waals surface area contributed by atoms with Crippen molar-refractivity contribution in [3.05, 3.63) is 53.9 Å². The molecule has 1 aliphatic carbocycles. The summed E-state index contributed by atoms with van der Waals surface area (Å²) in [5.41, 5.74) is 1.89. The van der Waals surface area contributed by atoms with Crippen LogP contribution in [0, 0.1) is 0 Å². The molecule has 1 aromatic carbocycles. The molecule has 1 aromatic heterocycles. The molecule has 6 nitrogen and oxygen atoms in total. The number of allylic oxidation sites excluding steroid dienone is 3. The van der Waals surface area contributed by atoms with Gasteiger partial charge in [-0.25, -0.2) is 13.4 Å². The normalized spacial score (nSPS) is 24.9. The summed E-state index contributed by atoms with van der Waals surface area (Å²) in [6.07, 6.45) is 6.95. The molecule has 0 spiro atoms. The summed E-state index contributed by atoms with van der Waals surface area (Å²) in [7, 11) is -1.89. The summed E-state index contributed by atoms with van der Waals surface area (Å²) in [5, 5.41) is 2.15. The number of halogens is 1. The largest absolute Gasteiger partial charge is 0.497 e.